The van der Waals surface area contributed by atoms with Crippen molar-refractivity contribution >= 4 is 11.6 Å². The number of nitrogens with one attached hydrogen (secondary N) is 1. The van der Waals surface area contributed by atoms with Crippen molar-refractivity contribution in [1.82, 2.24) is 4.90 Å². The molecule has 0 heterocycles. The van der Waals surface area contributed by atoms with E-state index in [0.29, 0.717) is 12.6 Å². The summed E-state index contributed by atoms with van der Waals surface area (Å²) in [6.07, 6.45) is 3.70. The maximum atomic E-state index is 12.2. The van der Waals surface area contributed by atoms with Gasteiger partial charge in [0.1, 0.15) is 0 Å². The molecule has 0 radical (unpaired) electrons. The molecule has 4 nitrogen and oxygen atoms in total. The lowest BCUT2D eigenvalue weighted by Crippen LogP contribution is -2.47. The molecule has 1 aliphatic rings. The van der Waals surface area contributed by atoms with Gasteiger partial charge >= 0.3 is 0 Å². The number of nitrogens with two attached hydrogens (primary N) is 1. The van der Waals surface area contributed by atoms with Crippen LogP contribution in [0, 0.1) is 0 Å². The first-order chi connectivity index (χ1) is 9.11. The van der Waals surface area contributed by atoms with E-state index in [1.807, 2.05) is 38.2 Å². The molecule has 19 heavy (non-hydrogen) atoms. The van der Waals surface area contributed by atoms with Gasteiger partial charge in [0, 0.05) is 18.3 Å². The van der Waals surface area contributed by atoms with E-state index in [1.54, 1.807) is 0 Å². The molecule has 1 unspecified atom stereocenters. The van der Waals surface area contributed by atoms with Crippen LogP contribution in [0.2, 0.25) is 0 Å². The van der Waals surface area contributed by atoms with E-state index >= 15 is 0 Å². The Morgan fingerprint density at radius 3 is 2.53 bits per heavy atom. The standard InChI is InChI=1S/C15H23N3O/c1-11(18(2)14-4-3-5-14)15(19)17-13-8-6-12(10-16)7-9-13/h6-9,11,14H,3-5,10,16H2,1-2H3,(H,17,19). The van der Waals surface area contributed by atoms with Crippen molar-refractivity contribution in [3.05, 3.63) is 29.8 Å². The van der Waals surface area contributed by atoms with E-state index in [-0.39, 0.29) is 11.9 Å². The molecule has 0 aliphatic heterocycles. The maximum absolute atomic E-state index is 12.2. The number of hydrogen-bond acceptors (Lipinski definition) is 3. The Morgan fingerprint density at radius 1 is 1.42 bits per heavy atom. The Morgan fingerprint density at radius 2 is 2.05 bits per heavy atom. The molecule has 0 bridgehead atoms. The van der Waals surface area contributed by atoms with Gasteiger partial charge in [0.25, 0.3) is 0 Å². The molecule has 1 saturated carbocycles. The van der Waals surface area contributed by atoms with E-state index in [9.17, 15) is 4.79 Å². The van der Waals surface area contributed by atoms with Crippen molar-refractivity contribution in [2.24, 2.45) is 5.73 Å². The van der Waals surface area contributed by atoms with Gasteiger partial charge in [0.05, 0.1) is 6.04 Å². The van der Waals surface area contributed by atoms with Crippen LogP contribution in [0.5, 0.6) is 0 Å². The van der Waals surface area contributed by atoms with Crippen LogP contribution in [0.25, 0.3) is 0 Å². The highest BCUT2D eigenvalue weighted by molar-refractivity contribution is 5.94. The average Bonchev–Trinajstić information content (AvgIpc) is 2.36. The fraction of sp³-hybridized carbons (Fsp3) is 0.533. The number of hydrogen-bond donors (Lipinski definition) is 2. The summed E-state index contributed by atoms with van der Waals surface area (Å²) in [7, 11) is 2.03. The second-order valence-electron chi connectivity index (χ2n) is 5.32. The number of amides is 1. The molecule has 104 valence electrons. The number of rotatable bonds is 5. The normalized spacial score (nSPS) is 17.1. The third-order valence-corrected chi connectivity index (χ3v) is 4.10. The van der Waals surface area contributed by atoms with Gasteiger partial charge in [-0.1, -0.05) is 18.6 Å². The predicted octanol–water partition coefficient (Wildman–Crippen LogP) is 1.96. The van der Waals surface area contributed by atoms with Crippen LogP contribution in [0.3, 0.4) is 0 Å². The van der Waals surface area contributed by atoms with Crippen LogP contribution >= 0.6 is 0 Å². The topological polar surface area (TPSA) is 58.4 Å². The lowest BCUT2D eigenvalue weighted by molar-refractivity contribution is -0.121. The van der Waals surface area contributed by atoms with Crippen LogP contribution in [-0.4, -0.2) is 29.9 Å². The van der Waals surface area contributed by atoms with E-state index in [1.165, 1.54) is 19.3 Å². The Balaban J connectivity index is 1.91. The summed E-state index contributed by atoms with van der Waals surface area (Å²) in [5.74, 6) is 0.0508. The SMILES string of the molecule is CC(C(=O)Nc1ccc(CN)cc1)N(C)C1CCC1. The molecule has 0 saturated heterocycles. The number of anilines is 1. The van der Waals surface area contributed by atoms with Gasteiger partial charge < -0.3 is 11.1 Å². The summed E-state index contributed by atoms with van der Waals surface area (Å²) in [6, 6.07) is 8.15. The molecule has 1 atom stereocenters. The number of benzene rings is 1. The molecule has 1 amide bonds. The largest absolute Gasteiger partial charge is 0.326 e. The van der Waals surface area contributed by atoms with Crippen molar-refractivity contribution in [3.63, 3.8) is 0 Å². The summed E-state index contributed by atoms with van der Waals surface area (Å²) in [6.45, 7) is 2.48. The Kier molecular flexibility index (Phi) is 4.56. The van der Waals surface area contributed by atoms with Crippen LogP contribution in [0.1, 0.15) is 31.7 Å². The fourth-order valence-corrected chi connectivity index (χ4v) is 2.27. The minimum absolute atomic E-state index is 0.0508. The van der Waals surface area contributed by atoms with Crippen LogP contribution in [0.15, 0.2) is 24.3 Å². The van der Waals surface area contributed by atoms with Gasteiger partial charge in [0.2, 0.25) is 5.91 Å². The van der Waals surface area contributed by atoms with Crippen molar-refractivity contribution in [1.29, 1.82) is 0 Å². The number of nitrogens with zero attached hydrogens (tertiary/aromatic N) is 1. The van der Waals surface area contributed by atoms with E-state index in [0.717, 1.165) is 11.3 Å². The molecule has 3 N–H and O–H groups in total. The molecule has 1 aromatic carbocycles. The minimum Gasteiger partial charge on any atom is -0.326 e. The van der Waals surface area contributed by atoms with Gasteiger partial charge in [-0.2, -0.15) is 0 Å². The fourth-order valence-electron chi connectivity index (χ4n) is 2.27. The highest BCUT2D eigenvalue weighted by Crippen LogP contribution is 2.25. The van der Waals surface area contributed by atoms with Crippen LogP contribution < -0.4 is 11.1 Å². The highest BCUT2D eigenvalue weighted by Gasteiger charge is 2.28. The second kappa shape index (κ2) is 6.17. The summed E-state index contributed by atoms with van der Waals surface area (Å²) in [4.78, 5) is 14.3. The maximum Gasteiger partial charge on any atom is 0.241 e. The lowest BCUT2D eigenvalue weighted by atomic mass is 9.91. The molecule has 0 spiro atoms. The first-order valence-corrected chi connectivity index (χ1v) is 6.93. The quantitative estimate of drug-likeness (QED) is 0.852. The third kappa shape index (κ3) is 3.33. The summed E-state index contributed by atoms with van der Waals surface area (Å²) < 4.78 is 0. The van der Waals surface area contributed by atoms with Gasteiger partial charge in [0.15, 0.2) is 0 Å². The number of carbonyl (C=O) groups excluding carboxylic acids is 1. The van der Waals surface area contributed by atoms with E-state index < -0.39 is 0 Å². The zero-order valence-corrected chi connectivity index (χ0v) is 11.7. The molecule has 1 aliphatic carbocycles. The van der Waals surface area contributed by atoms with Gasteiger partial charge in [-0.3, -0.25) is 9.69 Å². The predicted molar refractivity (Wildman–Crippen MR) is 77.8 cm³/mol. The monoisotopic (exact) mass is 261 g/mol. The Bertz CT molecular complexity index is 426. The third-order valence-electron chi connectivity index (χ3n) is 4.10. The van der Waals surface area contributed by atoms with Crippen LogP contribution in [-0.2, 0) is 11.3 Å². The molecular formula is C15H23N3O. The van der Waals surface area contributed by atoms with Gasteiger partial charge in [-0.05, 0) is 44.5 Å². The van der Waals surface area contributed by atoms with E-state index in [2.05, 4.69) is 10.2 Å². The zero-order valence-electron chi connectivity index (χ0n) is 11.7. The van der Waals surface area contributed by atoms with Gasteiger partial charge in [-0.15, -0.1) is 0 Å². The Labute approximate surface area is 115 Å². The number of likely N-dealkylation sites (N-methyl/N-ethyl adjacent to an activating group) is 1. The molecule has 2 rings (SSSR count). The van der Waals surface area contributed by atoms with E-state index in [4.69, 9.17) is 5.73 Å². The zero-order chi connectivity index (χ0) is 13.8. The van der Waals surface area contributed by atoms with Crippen LogP contribution in [0.4, 0.5) is 5.69 Å². The molecule has 0 aromatic heterocycles. The molecular weight excluding hydrogens is 238 g/mol. The minimum atomic E-state index is -0.0977. The molecule has 4 heteroatoms. The number of carbonyl (C=O) groups is 1. The Hall–Kier alpha value is -1.39. The summed E-state index contributed by atoms with van der Waals surface area (Å²) in [5, 5.41) is 2.96. The first kappa shape index (κ1) is 14.0. The summed E-state index contributed by atoms with van der Waals surface area (Å²) >= 11 is 0. The van der Waals surface area contributed by atoms with Gasteiger partial charge in [-0.25, -0.2) is 0 Å². The highest BCUT2D eigenvalue weighted by atomic mass is 16.2. The van der Waals surface area contributed by atoms with Crippen molar-refractivity contribution in [2.75, 3.05) is 12.4 Å². The van der Waals surface area contributed by atoms with Crippen molar-refractivity contribution < 1.29 is 4.79 Å². The average molecular weight is 261 g/mol. The molecule has 1 aromatic rings. The van der Waals surface area contributed by atoms with Crippen molar-refractivity contribution in [3.8, 4) is 0 Å². The lowest BCUT2D eigenvalue weighted by Gasteiger charge is -2.37. The molecule has 1 fully saturated rings. The van der Waals surface area contributed by atoms with Crippen molar-refractivity contribution in [2.45, 2.75) is 44.8 Å². The first-order valence-electron chi connectivity index (χ1n) is 6.93. The second-order valence-corrected chi connectivity index (χ2v) is 5.32. The smallest absolute Gasteiger partial charge is 0.241 e. The summed E-state index contributed by atoms with van der Waals surface area (Å²) in [5.41, 5.74) is 7.45.